The van der Waals surface area contributed by atoms with Crippen molar-refractivity contribution in [2.75, 3.05) is 5.32 Å². The number of aryl methyl sites for hydroxylation is 1. The largest absolute Gasteiger partial charge is 0.389 e. The second-order valence-corrected chi connectivity index (χ2v) is 9.21. The number of benzene rings is 2. The van der Waals surface area contributed by atoms with Crippen LogP contribution in [-0.2, 0) is 14.4 Å². The summed E-state index contributed by atoms with van der Waals surface area (Å²) in [6, 6.07) is 13.6. The van der Waals surface area contributed by atoms with Gasteiger partial charge in [-0.1, -0.05) is 48.0 Å². The Morgan fingerprint density at radius 2 is 1.51 bits per heavy atom. The Morgan fingerprint density at radius 3 is 2.08 bits per heavy atom. The van der Waals surface area contributed by atoms with Crippen molar-refractivity contribution in [1.82, 2.24) is 5.32 Å². The number of para-hydroxylation sites is 1. The van der Waals surface area contributed by atoms with Crippen LogP contribution in [0.15, 0.2) is 53.5 Å². The molecule has 0 saturated carbocycles. The van der Waals surface area contributed by atoms with Gasteiger partial charge in [0.1, 0.15) is 0 Å². The lowest BCUT2D eigenvalue weighted by molar-refractivity contribution is -0.152. The molecule has 0 aromatic heterocycles. The molecule has 3 atom stereocenters. The highest BCUT2D eigenvalue weighted by atomic mass is 19.4. The van der Waals surface area contributed by atoms with E-state index in [2.05, 4.69) is 15.6 Å². The van der Waals surface area contributed by atoms with Crippen molar-refractivity contribution in [1.29, 1.82) is 0 Å². The van der Waals surface area contributed by atoms with Gasteiger partial charge in [-0.25, -0.2) is 4.99 Å². The highest BCUT2D eigenvalue weighted by Gasteiger charge is 2.40. The zero-order chi connectivity index (χ0) is 29.0. The topological polar surface area (TPSA) is 114 Å². The average molecular weight is 557 g/mol. The second-order valence-electron chi connectivity index (χ2n) is 9.21. The molecular weight excluding hydrogens is 530 g/mol. The number of hydrogen-bond acceptors (Lipinski definition) is 4. The Bertz CT molecular complexity index is 1240. The molecule has 3 amide bonds. The first-order valence-electron chi connectivity index (χ1n) is 11.9. The summed E-state index contributed by atoms with van der Waals surface area (Å²) in [5, 5.41) is 4.82. The number of rotatable bonds is 9. The lowest BCUT2D eigenvalue weighted by Crippen LogP contribution is -2.48. The summed E-state index contributed by atoms with van der Waals surface area (Å²) in [5.74, 6) is -7.19. The molecule has 7 nitrogen and oxygen atoms in total. The fourth-order valence-corrected chi connectivity index (χ4v) is 4.23. The van der Waals surface area contributed by atoms with Gasteiger partial charge < -0.3 is 16.4 Å². The van der Waals surface area contributed by atoms with Gasteiger partial charge >= 0.3 is 12.4 Å². The van der Waals surface area contributed by atoms with E-state index in [0.29, 0.717) is 16.8 Å². The van der Waals surface area contributed by atoms with Gasteiger partial charge in [0.25, 0.3) is 5.91 Å². The number of carbonyl (C=O) groups is 3. The normalized spacial score (nSPS) is 17.3. The minimum absolute atomic E-state index is 0.282. The van der Waals surface area contributed by atoms with Gasteiger partial charge in [-0.3, -0.25) is 14.4 Å². The van der Waals surface area contributed by atoms with Crippen molar-refractivity contribution in [3.05, 3.63) is 65.2 Å². The summed E-state index contributed by atoms with van der Waals surface area (Å²) >= 11 is 0. The van der Waals surface area contributed by atoms with Gasteiger partial charge in [0.05, 0.1) is 11.4 Å². The summed E-state index contributed by atoms with van der Waals surface area (Å²) in [7, 11) is 0. The van der Waals surface area contributed by atoms with E-state index in [4.69, 9.17) is 5.73 Å². The van der Waals surface area contributed by atoms with Gasteiger partial charge in [0.2, 0.25) is 18.0 Å². The molecule has 210 valence electrons. The number of aliphatic imine (C=N–C) groups is 1. The van der Waals surface area contributed by atoms with Crippen LogP contribution >= 0.6 is 0 Å². The predicted octanol–water partition coefficient (Wildman–Crippen LogP) is 4.63. The van der Waals surface area contributed by atoms with E-state index < -0.39 is 73.8 Å². The predicted molar refractivity (Wildman–Crippen MR) is 131 cm³/mol. The third-order valence-corrected chi connectivity index (χ3v) is 6.22. The maximum Gasteiger partial charge on any atom is 0.389 e. The van der Waals surface area contributed by atoms with E-state index in [1.165, 1.54) is 0 Å². The molecule has 39 heavy (non-hydrogen) atoms. The first-order chi connectivity index (χ1) is 18.1. The van der Waals surface area contributed by atoms with E-state index >= 15 is 0 Å². The lowest BCUT2D eigenvalue weighted by Gasteiger charge is -2.26. The van der Waals surface area contributed by atoms with Crippen molar-refractivity contribution in [3.8, 4) is 0 Å². The van der Waals surface area contributed by atoms with Crippen LogP contribution in [0.4, 0.5) is 32.0 Å². The quantitative estimate of drug-likeness (QED) is 0.392. The smallest absolute Gasteiger partial charge is 0.369 e. The molecule has 1 aliphatic heterocycles. The first kappa shape index (κ1) is 29.7. The minimum Gasteiger partial charge on any atom is -0.369 e. The van der Waals surface area contributed by atoms with E-state index in [0.717, 1.165) is 5.56 Å². The first-order valence-corrected chi connectivity index (χ1v) is 11.9. The molecule has 2 aromatic carbocycles. The molecule has 13 heteroatoms. The molecule has 4 N–H and O–H groups in total. The van der Waals surface area contributed by atoms with E-state index in [-0.39, 0.29) is 5.71 Å². The second kappa shape index (κ2) is 11.9. The minimum atomic E-state index is -4.76. The summed E-state index contributed by atoms with van der Waals surface area (Å²) in [4.78, 5) is 42.6. The molecule has 3 rings (SSSR count). The number of nitrogens with two attached hydrogens (primary N) is 1. The van der Waals surface area contributed by atoms with Crippen LogP contribution in [0.5, 0.6) is 0 Å². The summed E-state index contributed by atoms with van der Waals surface area (Å²) < 4.78 is 77.5. The monoisotopic (exact) mass is 556 g/mol. The number of carbonyl (C=O) groups excluding carboxylic acids is 3. The zero-order valence-electron chi connectivity index (χ0n) is 20.7. The van der Waals surface area contributed by atoms with Crippen LogP contribution in [0.25, 0.3) is 0 Å². The summed E-state index contributed by atoms with van der Waals surface area (Å²) in [6.07, 6.45) is -16.3. The highest BCUT2D eigenvalue weighted by molar-refractivity contribution is 6.19. The van der Waals surface area contributed by atoms with Crippen LogP contribution in [-0.4, -0.2) is 42.0 Å². The lowest BCUT2D eigenvalue weighted by atomic mass is 9.83. The number of nitrogens with zero attached hydrogens (tertiary/aromatic N) is 1. The molecule has 0 saturated heterocycles. The molecule has 1 heterocycles. The average Bonchev–Trinajstić information content (AvgIpc) is 2.96. The van der Waals surface area contributed by atoms with Crippen LogP contribution < -0.4 is 16.4 Å². The number of amides is 3. The number of halogens is 6. The van der Waals surface area contributed by atoms with Crippen LogP contribution in [0.2, 0.25) is 0 Å². The van der Waals surface area contributed by atoms with Gasteiger partial charge in [-0.2, -0.15) is 26.3 Å². The Kier molecular flexibility index (Phi) is 9.03. The van der Waals surface area contributed by atoms with Crippen molar-refractivity contribution < 1.29 is 40.7 Å². The van der Waals surface area contributed by atoms with Crippen LogP contribution in [0.3, 0.4) is 0 Å². The van der Waals surface area contributed by atoms with Gasteiger partial charge in [-0.15, -0.1) is 0 Å². The van der Waals surface area contributed by atoms with Gasteiger partial charge in [0.15, 0.2) is 0 Å². The Morgan fingerprint density at radius 1 is 0.949 bits per heavy atom. The van der Waals surface area contributed by atoms with Crippen molar-refractivity contribution in [3.63, 3.8) is 0 Å². The zero-order valence-corrected chi connectivity index (χ0v) is 20.7. The molecule has 0 aliphatic carbocycles. The van der Waals surface area contributed by atoms with Gasteiger partial charge in [0, 0.05) is 35.8 Å². The fourth-order valence-electron chi connectivity index (χ4n) is 4.23. The van der Waals surface area contributed by atoms with E-state index in [1.54, 1.807) is 48.5 Å². The number of benzodiazepines with no additional fused rings is 1. The number of primary amides is 1. The van der Waals surface area contributed by atoms with Crippen LogP contribution in [0, 0.1) is 18.8 Å². The molecule has 3 unspecified atom stereocenters. The molecule has 0 radical (unpaired) electrons. The van der Waals surface area contributed by atoms with E-state index in [9.17, 15) is 40.7 Å². The Balaban J connectivity index is 1.98. The maximum atomic E-state index is 13.2. The van der Waals surface area contributed by atoms with E-state index in [1.807, 2.05) is 6.92 Å². The summed E-state index contributed by atoms with van der Waals surface area (Å²) in [6.45, 7) is 1.86. The SMILES string of the molecule is Cc1ccc(C2=NC(NC(=O)C(CCC(F)(F)F)C(CCC(F)(F)F)C(N)=O)C(=O)Nc3ccccc32)cc1. The number of anilines is 1. The van der Waals surface area contributed by atoms with Gasteiger partial charge in [-0.05, 0) is 25.8 Å². The fraction of sp³-hybridized carbons (Fsp3) is 0.385. The third-order valence-electron chi connectivity index (χ3n) is 6.22. The third kappa shape index (κ3) is 8.29. The standard InChI is InChI=1S/C26H26F6N4O3/c1-14-6-8-15(9-7-14)20-18-4-2-3-5-19(18)34-24(39)22(35-20)36-23(38)17(11-13-26(30,31)32)16(21(33)37)10-12-25(27,28)29/h2-9,16-17,22H,10-13H2,1H3,(H2,33,37)(H,34,39)(H,36,38). The van der Waals surface area contributed by atoms with Crippen LogP contribution in [0.1, 0.15) is 42.4 Å². The molecule has 2 aromatic rings. The Hall–Kier alpha value is -3.90. The van der Waals surface area contributed by atoms with Crippen molar-refractivity contribution in [2.45, 2.75) is 51.1 Å². The number of hydrogen-bond donors (Lipinski definition) is 3. The number of alkyl halides is 6. The molecule has 0 fully saturated rings. The van der Waals surface area contributed by atoms with Crippen molar-refractivity contribution >= 4 is 29.1 Å². The maximum absolute atomic E-state index is 13.2. The highest BCUT2D eigenvalue weighted by Crippen LogP contribution is 2.33. The molecular formula is C26H26F6N4O3. The van der Waals surface area contributed by atoms with Crippen molar-refractivity contribution in [2.24, 2.45) is 22.6 Å². The number of fused-ring (bicyclic) bond motifs is 1. The molecule has 1 aliphatic rings. The molecule has 0 bridgehead atoms. The molecule has 0 spiro atoms. The number of nitrogens with one attached hydrogen (secondary N) is 2. The Labute approximate surface area is 219 Å². The summed E-state index contributed by atoms with van der Waals surface area (Å²) in [5.41, 5.74) is 7.86.